The molecule has 70 heavy (non-hydrogen) atoms. The Labute approximate surface area is 412 Å². The highest BCUT2D eigenvalue weighted by Crippen LogP contribution is 2.58. The Bertz CT molecular complexity index is 3780. The normalized spacial score (nSPS) is 14.6. The van der Waals surface area contributed by atoms with Gasteiger partial charge in [-0.25, -0.2) is 0 Å². The summed E-state index contributed by atoms with van der Waals surface area (Å²) in [5, 5.41) is 4.68. The molecule has 0 saturated carbocycles. The van der Waals surface area contributed by atoms with Gasteiger partial charge < -0.3 is 9.32 Å². The van der Waals surface area contributed by atoms with Gasteiger partial charge in [0.05, 0.1) is 17.1 Å². The van der Waals surface area contributed by atoms with E-state index in [0.29, 0.717) is 0 Å². The lowest BCUT2D eigenvalue weighted by Gasteiger charge is -2.33. The van der Waals surface area contributed by atoms with E-state index in [1.165, 1.54) is 66.4 Å². The van der Waals surface area contributed by atoms with Gasteiger partial charge in [-0.1, -0.05) is 224 Å². The lowest BCUT2D eigenvalue weighted by molar-refractivity contribution is 0.569. The van der Waals surface area contributed by atoms with E-state index in [-0.39, 0.29) is 16.2 Å². The van der Waals surface area contributed by atoms with Crippen LogP contribution >= 0.6 is 0 Å². The molecule has 11 aromatic rings. The van der Waals surface area contributed by atoms with E-state index in [1.807, 2.05) is 6.07 Å². The van der Waals surface area contributed by atoms with E-state index < -0.39 is 0 Å². The lowest BCUT2D eigenvalue weighted by Crippen LogP contribution is -2.22. The quantitative estimate of drug-likeness (QED) is 0.158. The maximum Gasteiger partial charge on any atom is 0.135 e. The Hall–Kier alpha value is -7.94. The van der Waals surface area contributed by atoms with Gasteiger partial charge in [-0.2, -0.15) is 0 Å². The summed E-state index contributed by atoms with van der Waals surface area (Å²) in [6.45, 7) is 16.4. The van der Waals surface area contributed by atoms with Crippen LogP contribution in [-0.2, 0) is 16.2 Å². The fourth-order valence-electron chi connectivity index (χ4n) is 11.3. The fourth-order valence-corrected chi connectivity index (χ4v) is 11.3. The molecule has 0 bridgehead atoms. The van der Waals surface area contributed by atoms with Gasteiger partial charge in [-0.15, -0.1) is 0 Å². The summed E-state index contributed by atoms with van der Waals surface area (Å²) >= 11 is 0. The first-order chi connectivity index (χ1) is 33.9. The first kappa shape index (κ1) is 43.3. The zero-order chi connectivity index (χ0) is 47.9. The van der Waals surface area contributed by atoms with Gasteiger partial charge in [0.25, 0.3) is 0 Å². The molecule has 2 heteroatoms. The number of furan rings is 1. The van der Waals surface area contributed by atoms with Gasteiger partial charge in [0.1, 0.15) is 11.2 Å². The van der Waals surface area contributed by atoms with E-state index in [2.05, 4.69) is 266 Å². The van der Waals surface area contributed by atoms with E-state index in [9.17, 15) is 0 Å². The van der Waals surface area contributed by atoms with Crippen molar-refractivity contribution < 1.29 is 4.42 Å². The topological polar surface area (TPSA) is 16.4 Å². The third-order valence-electron chi connectivity index (χ3n) is 15.1. The minimum Gasteiger partial charge on any atom is -0.456 e. The number of nitrogens with zero attached hydrogens (tertiary/aromatic N) is 1. The molecular formula is C68H57NO. The van der Waals surface area contributed by atoms with Gasteiger partial charge >= 0.3 is 0 Å². The van der Waals surface area contributed by atoms with E-state index in [0.717, 1.165) is 55.7 Å². The number of benzene rings is 10. The maximum atomic E-state index is 6.38. The minimum atomic E-state index is -0.376. The van der Waals surface area contributed by atoms with Crippen LogP contribution < -0.4 is 4.90 Å². The molecule has 0 spiro atoms. The van der Waals surface area contributed by atoms with Crippen LogP contribution in [0.15, 0.2) is 223 Å². The molecule has 0 fully saturated rings. The molecule has 1 atom stereocenters. The van der Waals surface area contributed by atoms with Crippen LogP contribution in [0.3, 0.4) is 0 Å². The molecule has 0 radical (unpaired) electrons. The Kier molecular flexibility index (Phi) is 10.1. The standard InChI is InChI=1S/C68H57NO/c1-66(2,3)48-40-46(41-49(43-48)67(4,5)6)51-30-19-22-44-23-20-31-54(64(44)51)52-27-13-17-35-60(52)69(59-34-16-12-26-50(59)45-38-39-63-56(42-45)53-28-14-18-37-62(53)70-63)61-36-21-33-58-65(61)55-29-11-15-32-57(55)68(58,7)47-24-9-8-10-25-47/h8-43H,1-7H3. The van der Waals surface area contributed by atoms with Crippen molar-refractivity contribution in [1.29, 1.82) is 0 Å². The molecule has 1 unspecified atom stereocenters. The molecule has 1 aliphatic rings. The molecule has 1 heterocycles. The molecule has 0 saturated heterocycles. The van der Waals surface area contributed by atoms with Crippen molar-refractivity contribution in [1.82, 2.24) is 0 Å². The molecule has 0 amide bonds. The summed E-state index contributed by atoms with van der Waals surface area (Å²) < 4.78 is 6.38. The van der Waals surface area contributed by atoms with Crippen molar-refractivity contribution in [2.45, 2.75) is 64.7 Å². The molecule has 1 aromatic heterocycles. The van der Waals surface area contributed by atoms with Crippen molar-refractivity contribution in [3.63, 3.8) is 0 Å². The average Bonchev–Trinajstić information content (AvgIpc) is 3.89. The Morgan fingerprint density at radius 3 is 1.66 bits per heavy atom. The van der Waals surface area contributed by atoms with Crippen molar-refractivity contribution >= 4 is 49.8 Å². The number of hydrogen-bond donors (Lipinski definition) is 0. The maximum absolute atomic E-state index is 6.38. The van der Waals surface area contributed by atoms with Crippen molar-refractivity contribution in [3.8, 4) is 44.5 Å². The van der Waals surface area contributed by atoms with Gasteiger partial charge in [-0.05, 0) is 121 Å². The van der Waals surface area contributed by atoms with Gasteiger partial charge in [0.2, 0.25) is 0 Å². The van der Waals surface area contributed by atoms with E-state index in [4.69, 9.17) is 4.42 Å². The van der Waals surface area contributed by atoms with Crippen LogP contribution in [0.1, 0.15) is 76.3 Å². The van der Waals surface area contributed by atoms with Crippen molar-refractivity contribution in [2.75, 3.05) is 4.90 Å². The number of fused-ring (bicyclic) bond motifs is 7. The number of anilines is 3. The molecule has 10 aromatic carbocycles. The molecule has 12 rings (SSSR count). The van der Waals surface area contributed by atoms with E-state index >= 15 is 0 Å². The first-order valence-corrected chi connectivity index (χ1v) is 24.8. The zero-order valence-electron chi connectivity index (χ0n) is 41.1. The second-order valence-corrected chi connectivity index (χ2v) is 21.4. The highest BCUT2D eigenvalue weighted by atomic mass is 16.3. The summed E-state index contributed by atoms with van der Waals surface area (Å²) in [6.07, 6.45) is 0. The van der Waals surface area contributed by atoms with Crippen LogP contribution in [0.25, 0.3) is 77.2 Å². The molecule has 2 nitrogen and oxygen atoms in total. The van der Waals surface area contributed by atoms with Crippen LogP contribution in [-0.4, -0.2) is 0 Å². The third kappa shape index (κ3) is 6.99. The third-order valence-corrected chi connectivity index (χ3v) is 15.1. The largest absolute Gasteiger partial charge is 0.456 e. The summed E-state index contributed by atoms with van der Waals surface area (Å²) in [5.74, 6) is 0. The molecule has 340 valence electrons. The summed E-state index contributed by atoms with van der Waals surface area (Å²) in [7, 11) is 0. The van der Waals surface area contributed by atoms with Crippen LogP contribution in [0.4, 0.5) is 17.1 Å². The zero-order valence-corrected chi connectivity index (χ0v) is 41.1. The van der Waals surface area contributed by atoms with Gasteiger partial charge in [-0.3, -0.25) is 0 Å². The smallest absolute Gasteiger partial charge is 0.135 e. The van der Waals surface area contributed by atoms with Crippen LogP contribution in [0.2, 0.25) is 0 Å². The SMILES string of the molecule is CC(C)(C)c1cc(-c2cccc3cccc(-c4ccccc4N(c4ccccc4-c4ccc5oc6ccccc6c5c4)c4cccc5c4-c4ccccc4C5(C)c4ccccc4)c23)cc(C(C)(C)C)c1. The predicted octanol–water partition coefficient (Wildman–Crippen LogP) is 19.1. The monoisotopic (exact) mass is 903 g/mol. The van der Waals surface area contributed by atoms with Crippen LogP contribution in [0, 0.1) is 0 Å². The second kappa shape index (κ2) is 16.4. The van der Waals surface area contributed by atoms with Gasteiger partial charge in [0.15, 0.2) is 0 Å². The Balaban J connectivity index is 1.15. The number of hydrogen-bond acceptors (Lipinski definition) is 2. The minimum absolute atomic E-state index is 0.0235. The second-order valence-electron chi connectivity index (χ2n) is 21.4. The lowest BCUT2D eigenvalue weighted by atomic mass is 9.74. The molecule has 0 N–H and O–H groups in total. The van der Waals surface area contributed by atoms with Crippen LogP contribution in [0.5, 0.6) is 0 Å². The summed E-state index contributed by atoms with van der Waals surface area (Å²) in [4.78, 5) is 2.56. The summed E-state index contributed by atoms with van der Waals surface area (Å²) in [5.41, 5.74) is 20.8. The summed E-state index contributed by atoms with van der Waals surface area (Å²) in [6, 6.07) is 81.1. The molecule has 1 aliphatic carbocycles. The van der Waals surface area contributed by atoms with Crippen molar-refractivity contribution in [2.24, 2.45) is 0 Å². The molecule has 0 aliphatic heterocycles. The van der Waals surface area contributed by atoms with Gasteiger partial charge in [0, 0.05) is 32.9 Å². The highest BCUT2D eigenvalue weighted by molar-refractivity contribution is 6.11. The van der Waals surface area contributed by atoms with E-state index in [1.54, 1.807) is 0 Å². The Morgan fingerprint density at radius 2 is 0.929 bits per heavy atom. The average molecular weight is 904 g/mol. The Morgan fingerprint density at radius 1 is 0.386 bits per heavy atom. The first-order valence-electron chi connectivity index (χ1n) is 24.8. The van der Waals surface area contributed by atoms with Crippen molar-refractivity contribution in [3.05, 3.63) is 246 Å². The fraction of sp³-hybridized carbons (Fsp3) is 0.147. The predicted molar refractivity (Wildman–Crippen MR) is 297 cm³/mol. The number of rotatable bonds is 7. The number of para-hydroxylation sites is 3. The highest BCUT2D eigenvalue weighted by Gasteiger charge is 2.43. The molecular weight excluding hydrogens is 847 g/mol.